The van der Waals surface area contributed by atoms with Crippen LogP contribution in [0.15, 0.2) is 66.9 Å². The van der Waals surface area contributed by atoms with E-state index in [4.69, 9.17) is 0 Å². The monoisotopic (exact) mass is 409 g/mol. The summed E-state index contributed by atoms with van der Waals surface area (Å²) >= 11 is 0. The quantitative estimate of drug-likeness (QED) is 0.526. The normalized spacial score (nSPS) is 15.9. The van der Waals surface area contributed by atoms with Crippen molar-refractivity contribution in [3.63, 3.8) is 0 Å². The van der Waals surface area contributed by atoms with E-state index in [1.165, 1.54) is 5.56 Å². The zero-order valence-corrected chi connectivity index (χ0v) is 17.3. The zero-order valence-electron chi connectivity index (χ0n) is 17.3. The van der Waals surface area contributed by atoms with E-state index >= 15 is 0 Å². The molecule has 154 valence electrons. The van der Waals surface area contributed by atoms with Crippen LogP contribution in [0.3, 0.4) is 0 Å². The number of rotatable bonds is 4. The van der Waals surface area contributed by atoms with Gasteiger partial charge in [0.2, 0.25) is 5.91 Å². The Bertz CT molecular complexity index is 1330. The number of pyridine rings is 1. The van der Waals surface area contributed by atoms with Crippen molar-refractivity contribution >= 4 is 33.5 Å². The third-order valence-electron chi connectivity index (χ3n) is 5.91. The third kappa shape index (κ3) is 3.75. The summed E-state index contributed by atoms with van der Waals surface area (Å²) in [6.45, 7) is 2.51. The fraction of sp³-hybridized carbons (Fsp3) is 0.192. The fourth-order valence-corrected chi connectivity index (χ4v) is 4.30. The lowest BCUT2D eigenvalue weighted by atomic mass is 9.95. The van der Waals surface area contributed by atoms with Gasteiger partial charge in [-0.2, -0.15) is 0 Å². The molecule has 2 heterocycles. The summed E-state index contributed by atoms with van der Waals surface area (Å²) in [6.07, 6.45) is 3.17. The van der Waals surface area contributed by atoms with Crippen LogP contribution >= 0.6 is 0 Å². The average molecular weight is 409 g/mol. The van der Waals surface area contributed by atoms with Crippen molar-refractivity contribution in [1.29, 1.82) is 0 Å². The second kappa shape index (κ2) is 7.84. The first-order valence-corrected chi connectivity index (χ1v) is 10.5. The Hall–Kier alpha value is -3.73. The van der Waals surface area contributed by atoms with Gasteiger partial charge in [-0.1, -0.05) is 42.0 Å². The Morgan fingerprint density at radius 2 is 1.94 bits per heavy atom. The van der Waals surface area contributed by atoms with Crippen LogP contribution in [-0.2, 0) is 4.79 Å². The van der Waals surface area contributed by atoms with Crippen LogP contribution in [0.25, 0.3) is 32.8 Å². The standard InChI is InChI=1S/C26H23N3O2/c1-16-8-10-24-17(12-16)13-18(14-27-24)20-4-2-6-22-21(20)5-3-7-23(22)26(31)28-15-19-9-11-25(30)29-19/h2-8,10,12-14,19H,9,11,15H2,1H3,(H,28,31)(H,29,30). The first-order chi connectivity index (χ1) is 15.1. The van der Waals surface area contributed by atoms with Gasteiger partial charge in [-0.15, -0.1) is 0 Å². The average Bonchev–Trinajstić information content (AvgIpc) is 3.21. The SMILES string of the molecule is Cc1ccc2ncc(-c3cccc4c(C(=O)NCC5CCC(=O)N5)cccc34)cc2c1. The van der Waals surface area contributed by atoms with E-state index in [0.717, 1.165) is 39.2 Å². The van der Waals surface area contributed by atoms with Gasteiger partial charge in [0.15, 0.2) is 0 Å². The molecule has 0 aliphatic carbocycles. The summed E-state index contributed by atoms with van der Waals surface area (Å²) in [5.74, 6) is -0.0793. The summed E-state index contributed by atoms with van der Waals surface area (Å²) in [5, 5.41) is 8.88. The van der Waals surface area contributed by atoms with Gasteiger partial charge in [-0.05, 0) is 53.9 Å². The van der Waals surface area contributed by atoms with E-state index in [9.17, 15) is 9.59 Å². The molecule has 0 saturated carbocycles. The van der Waals surface area contributed by atoms with E-state index in [1.807, 2.05) is 42.6 Å². The van der Waals surface area contributed by atoms with Crippen LogP contribution in [0.1, 0.15) is 28.8 Å². The smallest absolute Gasteiger partial charge is 0.251 e. The number of nitrogens with zero attached hydrogens (tertiary/aromatic N) is 1. The Kier molecular flexibility index (Phi) is 4.86. The number of carbonyl (C=O) groups is 2. The maximum absolute atomic E-state index is 12.9. The summed E-state index contributed by atoms with van der Waals surface area (Å²) in [4.78, 5) is 28.9. The molecule has 31 heavy (non-hydrogen) atoms. The van der Waals surface area contributed by atoms with Crippen LogP contribution in [0.5, 0.6) is 0 Å². The number of amides is 2. The number of aromatic nitrogens is 1. The number of nitrogens with one attached hydrogen (secondary N) is 2. The van der Waals surface area contributed by atoms with E-state index in [1.54, 1.807) is 0 Å². The van der Waals surface area contributed by atoms with E-state index in [-0.39, 0.29) is 17.9 Å². The maximum Gasteiger partial charge on any atom is 0.251 e. The first kappa shape index (κ1) is 19.2. The predicted molar refractivity (Wildman–Crippen MR) is 123 cm³/mol. The highest BCUT2D eigenvalue weighted by atomic mass is 16.2. The van der Waals surface area contributed by atoms with Crippen LogP contribution in [0.4, 0.5) is 0 Å². The molecule has 0 spiro atoms. The van der Waals surface area contributed by atoms with E-state index in [0.29, 0.717) is 18.5 Å². The van der Waals surface area contributed by atoms with Crippen molar-refractivity contribution in [1.82, 2.24) is 15.6 Å². The minimum absolute atomic E-state index is 0.00844. The van der Waals surface area contributed by atoms with E-state index in [2.05, 4.69) is 46.8 Å². The summed E-state index contributed by atoms with van der Waals surface area (Å²) in [5.41, 5.74) is 4.87. The Morgan fingerprint density at radius 1 is 1.10 bits per heavy atom. The van der Waals surface area contributed by atoms with Crippen molar-refractivity contribution in [2.24, 2.45) is 0 Å². The summed E-state index contributed by atoms with van der Waals surface area (Å²) in [7, 11) is 0. The zero-order chi connectivity index (χ0) is 21.4. The van der Waals surface area contributed by atoms with Gasteiger partial charge in [0.25, 0.3) is 5.91 Å². The van der Waals surface area contributed by atoms with Crippen LogP contribution in [0, 0.1) is 6.92 Å². The Balaban J connectivity index is 1.50. The molecule has 1 aliphatic heterocycles. The Morgan fingerprint density at radius 3 is 2.77 bits per heavy atom. The maximum atomic E-state index is 12.9. The van der Waals surface area contributed by atoms with E-state index < -0.39 is 0 Å². The summed E-state index contributed by atoms with van der Waals surface area (Å²) < 4.78 is 0. The van der Waals surface area contributed by atoms with Crippen LogP contribution in [-0.4, -0.2) is 29.4 Å². The number of aryl methyl sites for hydroxylation is 1. The van der Waals surface area contributed by atoms with Gasteiger partial charge in [0.1, 0.15) is 0 Å². The van der Waals surface area contributed by atoms with Crippen molar-refractivity contribution in [3.05, 3.63) is 78.0 Å². The highest BCUT2D eigenvalue weighted by molar-refractivity contribution is 6.10. The predicted octanol–water partition coefficient (Wildman–Crippen LogP) is 4.37. The molecular formula is C26H23N3O2. The second-order valence-corrected chi connectivity index (χ2v) is 8.14. The highest BCUT2D eigenvalue weighted by Gasteiger charge is 2.21. The molecule has 4 aromatic rings. The topological polar surface area (TPSA) is 71.1 Å². The van der Waals surface area contributed by atoms with Gasteiger partial charge in [-0.3, -0.25) is 14.6 Å². The lowest BCUT2D eigenvalue weighted by Crippen LogP contribution is -2.38. The number of benzene rings is 3. The van der Waals surface area contributed by atoms with Crippen LogP contribution in [0.2, 0.25) is 0 Å². The molecule has 1 aromatic heterocycles. The van der Waals surface area contributed by atoms with Gasteiger partial charge in [0, 0.05) is 41.7 Å². The molecule has 5 heteroatoms. The van der Waals surface area contributed by atoms with Crippen molar-refractivity contribution < 1.29 is 9.59 Å². The lowest BCUT2D eigenvalue weighted by Gasteiger charge is -2.14. The summed E-state index contributed by atoms with van der Waals surface area (Å²) in [6, 6.07) is 20.2. The molecule has 1 fully saturated rings. The third-order valence-corrected chi connectivity index (χ3v) is 5.91. The van der Waals surface area contributed by atoms with Crippen molar-refractivity contribution in [3.8, 4) is 11.1 Å². The molecule has 5 rings (SSSR count). The molecule has 1 aliphatic rings. The van der Waals surface area contributed by atoms with Gasteiger partial charge >= 0.3 is 0 Å². The molecule has 1 unspecified atom stereocenters. The lowest BCUT2D eigenvalue weighted by molar-refractivity contribution is -0.119. The van der Waals surface area contributed by atoms with Gasteiger partial charge < -0.3 is 10.6 Å². The van der Waals surface area contributed by atoms with Gasteiger partial charge in [0.05, 0.1) is 5.52 Å². The largest absolute Gasteiger partial charge is 0.352 e. The minimum atomic E-state index is -0.129. The number of hydrogen-bond acceptors (Lipinski definition) is 3. The molecule has 0 radical (unpaired) electrons. The first-order valence-electron chi connectivity index (χ1n) is 10.5. The fourth-order valence-electron chi connectivity index (χ4n) is 4.30. The molecular weight excluding hydrogens is 386 g/mol. The molecule has 3 aromatic carbocycles. The van der Waals surface area contributed by atoms with Gasteiger partial charge in [-0.25, -0.2) is 0 Å². The number of fused-ring (bicyclic) bond motifs is 2. The van der Waals surface area contributed by atoms with Crippen molar-refractivity contribution in [2.75, 3.05) is 6.54 Å². The molecule has 1 saturated heterocycles. The van der Waals surface area contributed by atoms with Crippen LogP contribution < -0.4 is 10.6 Å². The number of hydrogen-bond donors (Lipinski definition) is 2. The van der Waals surface area contributed by atoms with Crippen molar-refractivity contribution in [2.45, 2.75) is 25.8 Å². The highest BCUT2D eigenvalue weighted by Crippen LogP contribution is 2.31. The number of carbonyl (C=O) groups excluding carboxylic acids is 2. The molecule has 5 nitrogen and oxygen atoms in total. The molecule has 0 bridgehead atoms. The molecule has 2 N–H and O–H groups in total. The minimum Gasteiger partial charge on any atom is -0.352 e. The second-order valence-electron chi connectivity index (χ2n) is 8.14. The Labute approximate surface area is 180 Å². The molecule has 1 atom stereocenters. The molecule has 2 amide bonds.